The number of anilines is 1. The third kappa shape index (κ3) is 2.76. The summed E-state index contributed by atoms with van der Waals surface area (Å²) in [5.41, 5.74) is 9.76. The molecular formula is C21H15N5S. The first kappa shape index (κ1) is 15.7. The van der Waals surface area contributed by atoms with E-state index in [-0.39, 0.29) is 0 Å². The van der Waals surface area contributed by atoms with Gasteiger partial charge in [-0.25, -0.2) is 4.98 Å². The van der Waals surface area contributed by atoms with Gasteiger partial charge >= 0.3 is 0 Å². The van der Waals surface area contributed by atoms with Crippen molar-refractivity contribution in [1.82, 2.24) is 20.0 Å². The van der Waals surface area contributed by atoms with Gasteiger partial charge in [-0.1, -0.05) is 59.8 Å². The molecule has 2 heterocycles. The number of para-hydroxylation sites is 1. The molecule has 5 aromatic rings. The normalized spacial score (nSPS) is 11.1. The fourth-order valence-corrected chi connectivity index (χ4v) is 3.89. The molecule has 0 radical (unpaired) electrons. The van der Waals surface area contributed by atoms with Crippen molar-refractivity contribution < 1.29 is 0 Å². The number of rotatable bonds is 3. The van der Waals surface area contributed by atoms with Crippen LogP contribution in [0.3, 0.4) is 0 Å². The van der Waals surface area contributed by atoms with E-state index < -0.39 is 0 Å². The van der Waals surface area contributed by atoms with Crippen molar-refractivity contribution >= 4 is 27.9 Å². The number of nitrogens with zero attached hydrogens (tertiary/aromatic N) is 4. The molecular weight excluding hydrogens is 354 g/mol. The monoisotopic (exact) mass is 369 g/mol. The molecule has 0 unspecified atom stereocenters. The van der Waals surface area contributed by atoms with Gasteiger partial charge in [-0.3, -0.25) is 0 Å². The van der Waals surface area contributed by atoms with Crippen molar-refractivity contribution in [3.63, 3.8) is 0 Å². The Morgan fingerprint density at radius 1 is 0.852 bits per heavy atom. The highest BCUT2D eigenvalue weighted by Gasteiger charge is 2.16. The van der Waals surface area contributed by atoms with Crippen LogP contribution in [-0.4, -0.2) is 20.0 Å². The summed E-state index contributed by atoms with van der Waals surface area (Å²) in [6.07, 6.45) is 0. The van der Waals surface area contributed by atoms with E-state index in [1.165, 1.54) is 22.1 Å². The second-order valence-corrected chi connectivity index (χ2v) is 7.03. The van der Waals surface area contributed by atoms with Crippen LogP contribution in [0.25, 0.3) is 38.4 Å². The zero-order valence-corrected chi connectivity index (χ0v) is 15.1. The molecule has 2 aromatic heterocycles. The minimum absolute atomic E-state index is 0.487. The van der Waals surface area contributed by atoms with Crippen LogP contribution in [0.4, 0.5) is 5.82 Å². The van der Waals surface area contributed by atoms with Crippen LogP contribution in [0.2, 0.25) is 0 Å². The lowest BCUT2D eigenvalue weighted by Crippen LogP contribution is -2.01. The molecule has 0 aliphatic rings. The SMILES string of the molecule is Nc1c(-c2nc(-c3ccc4ccccc4c3)cs2)nnn1-c1ccccc1. The quantitative estimate of drug-likeness (QED) is 0.496. The summed E-state index contributed by atoms with van der Waals surface area (Å²) in [5.74, 6) is 0.487. The molecule has 3 aromatic carbocycles. The number of hydrogen-bond acceptors (Lipinski definition) is 5. The molecule has 0 bridgehead atoms. The van der Waals surface area contributed by atoms with Gasteiger partial charge < -0.3 is 5.73 Å². The van der Waals surface area contributed by atoms with Crippen LogP contribution in [0.5, 0.6) is 0 Å². The number of hydrogen-bond donors (Lipinski definition) is 1. The van der Waals surface area contributed by atoms with Crippen LogP contribution in [0, 0.1) is 0 Å². The van der Waals surface area contributed by atoms with E-state index in [0.29, 0.717) is 11.5 Å². The molecule has 0 amide bonds. The number of benzene rings is 3. The number of thiazole rings is 1. The zero-order chi connectivity index (χ0) is 18.2. The van der Waals surface area contributed by atoms with Crippen molar-refractivity contribution in [3.05, 3.63) is 78.2 Å². The summed E-state index contributed by atoms with van der Waals surface area (Å²) >= 11 is 1.52. The van der Waals surface area contributed by atoms with Crippen LogP contribution < -0.4 is 5.73 Å². The van der Waals surface area contributed by atoms with E-state index >= 15 is 0 Å². The average Bonchev–Trinajstić information content (AvgIpc) is 3.35. The summed E-state index contributed by atoms with van der Waals surface area (Å²) < 4.78 is 1.63. The molecule has 0 aliphatic carbocycles. The van der Waals surface area contributed by atoms with Crippen molar-refractivity contribution in [2.45, 2.75) is 0 Å². The molecule has 130 valence electrons. The lowest BCUT2D eigenvalue weighted by Gasteiger charge is -2.02. The lowest BCUT2D eigenvalue weighted by atomic mass is 10.1. The molecule has 0 saturated carbocycles. The second-order valence-electron chi connectivity index (χ2n) is 6.17. The van der Waals surface area contributed by atoms with Crippen LogP contribution in [-0.2, 0) is 0 Å². The van der Waals surface area contributed by atoms with Gasteiger partial charge in [0.1, 0.15) is 5.01 Å². The second kappa shape index (κ2) is 6.34. The molecule has 0 fully saturated rings. The Kier molecular flexibility index (Phi) is 3.69. The first-order valence-electron chi connectivity index (χ1n) is 8.51. The minimum atomic E-state index is 0.487. The number of nitrogen functional groups attached to an aromatic ring is 1. The maximum atomic E-state index is 6.29. The highest BCUT2D eigenvalue weighted by Crippen LogP contribution is 2.32. The van der Waals surface area contributed by atoms with Gasteiger partial charge in [-0.05, 0) is 29.0 Å². The van der Waals surface area contributed by atoms with Crippen molar-refractivity contribution in [3.8, 4) is 27.6 Å². The Balaban J connectivity index is 1.53. The van der Waals surface area contributed by atoms with E-state index in [9.17, 15) is 0 Å². The first-order chi connectivity index (χ1) is 13.3. The largest absolute Gasteiger partial charge is 0.382 e. The van der Waals surface area contributed by atoms with Crippen LogP contribution >= 0.6 is 11.3 Å². The van der Waals surface area contributed by atoms with Gasteiger partial charge in [0.15, 0.2) is 11.5 Å². The third-order valence-electron chi connectivity index (χ3n) is 4.46. The van der Waals surface area contributed by atoms with Gasteiger partial charge in [0.05, 0.1) is 11.4 Å². The number of fused-ring (bicyclic) bond motifs is 1. The lowest BCUT2D eigenvalue weighted by molar-refractivity contribution is 0.810. The van der Waals surface area contributed by atoms with Gasteiger partial charge in [0, 0.05) is 10.9 Å². The predicted octanol–water partition coefficient (Wildman–Crippen LogP) is 4.79. The predicted molar refractivity (Wildman–Crippen MR) is 110 cm³/mol. The molecule has 5 nitrogen and oxygen atoms in total. The Bertz CT molecular complexity index is 1240. The summed E-state index contributed by atoms with van der Waals surface area (Å²) in [6.45, 7) is 0. The summed E-state index contributed by atoms with van der Waals surface area (Å²) in [7, 11) is 0. The van der Waals surface area contributed by atoms with E-state index in [0.717, 1.165) is 22.0 Å². The van der Waals surface area contributed by atoms with Gasteiger partial charge in [-0.15, -0.1) is 16.4 Å². The minimum Gasteiger partial charge on any atom is -0.382 e. The molecule has 0 saturated heterocycles. The molecule has 5 rings (SSSR count). The maximum Gasteiger partial charge on any atom is 0.165 e. The van der Waals surface area contributed by atoms with Crippen molar-refractivity contribution in [2.75, 3.05) is 5.73 Å². The standard InChI is InChI=1S/C21H15N5S/c22-20-19(24-25-26(20)17-8-2-1-3-9-17)21-23-18(13-27-21)16-11-10-14-6-4-5-7-15(14)12-16/h1-13H,22H2. The van der Waals surface area contributed by atoms with Crippen molar-refractivity contribution in [2.24, 2.45) is 0 Å². The van der Waals surface area contributed by atoms with E-state index in [1.54, 1.807) is 4.68 Å². The van der Waals surface area contributed by atoms with Gasteiger partial charge in [0.25, 0.3) is 0 Å². The van der Waals surface area contributed by atoms with Crippen LogP contribution in [0.15, 0.2) is 78.2 Å². The average molecular weight is 369 g/mol. The van der Waals surface area contributed by atoms with Gasteiger partial charge in [-0.2, -0.15) is 4.68 Å². The van der Waals surface area contributed by atoms with Gasteiger partial charge in [0.2, 0.25) is 0 Å². The molecule has 6 heteroatoms. The van der Waals surface area contributed by atoms with E-state index in [4.69, 9.17) is 10.7 Å². The highest BCUT2D eigenvalue weighted by molar-refractivity contribution is 7.13. The summed E-state index contributed by atoms with van der Waals surface area (Å²) in [4.78, 5) is 4.75. The van der Waals surface area contributed by atoms with Crippen molar-refractivity contribution in [1.29, 1.82) is 0 Å². The molecule has 27 heavy (non-hydrogen) atoms. The maximum absolute atomic E-state index is 6.29. The number of nitrogens with two attached hydrogens (primary N) is 1. The van der Waals surface area contributed by atoms with E-state index in [1.807, 2.05) is 47.8 Å². The fourth-order valence-electron chi connectivity index (χ4n) is 3.07. The fraction of sp³-hybridized carbons (Fsp3) is 0. The molecule has 0 spiro atoms. The first-order valence-corrected chi connectivity index (χ1v) is 9.39. The topological polar surface area (TPSA) is 69.6 Å². The Hall–Kier alpha value is -3.51. The smallest absolute Gasteiger partial charge is 0.165 e. The molecule has 0 aliphatic heterocycles. The van der Waals surface area contributed by atoms with E-state index in [2.05, 4.69) is 40.6 Å². The summed E-state index contributed by atoms with van der Waals surface area (Å²) in [6, 6.07) is 24.4. The zero-order valence-electron chi connectivity index (χ0n) is 14.3. The highest BCUT2D eigenvalue weighted by atomic mass is 32.1. The van der Waals surface area contributed by atoms with Crippen LogP contribution in [0.1, 0.15) is 0 Å². The Labute approximate surface area is 159 Å². The molecule has 2 N–H and O–H groups in total. The third-order valence-corrected chi connectivity index (χ3v) is 5.31. The Morgan fingerprint density at radius 2 is 1.63 bits per heavy atom. The molecule has 0 atom stereocenters. The number of aromatic nitrogens is 4. The Morgan fingerprint density at radius 3 is 2.48 bits per heavy atom. The summed E-state index contributed by atoms with van der Waals surface area (Å²) in [5, 5.41) is 13.6.